The third kappa shape index (κ3) is 4.88. The molecule has 0 aromatic heterocycles. The van der Waals surface area contributed by atoms with Gasteiger partial charge in [-0.15, -0.1) is 0 Å². The van der Waals surface area contributed by atoms with E-state index in [0.717, 1.165) is 13.0 Å². The van der Waals surface area contributed by atoms with Gasteiger partial charge in [0.05, 0.1) is 0 Å². The number of rotatable bonds is 7. The maximum atomic E-state index is 11.7. The van der Waals surface area contributed by atoms with E-state index in [1.54, 1.807) is 0 Å². The number of aryl methyl sites for hydroxylation is 1. The average Bonchev–Trinajstić information content (AvgIpc) is 2.39. The standard InChI is InChI=1S/C15H24N2O/c1-4-13-5-7-14(8-6-13)12(2)11-15(18)17-10-9-16-3/h5-8,12,16H,4,9-11H2,1-3H3,(H,17,18). The molecule has 1 amide bonds. The van der Waals surface area contributed by atoms with E-state index < -0.39 is 0 Å². The summed E-state index contributed by atoms with van der Waals surface area (Å²) >= 11 is 0. The molecule has 1 unspecified atom stereocenters. The van der Waals surface area contributed by atoms with Crippen LogP contribution in [-0.4, -0.2) is 26.0 Å². The Kier molecular flexibility index (Phi) is 6.44. The fourth-order valence-electron chi connectivity index (χ4n) is 1.88. The number of hydrogen-bond donors (Lipinski definition) is 2. The van der Waals surface area contributed by atoms with Crippen LogP contribution in [0.1, 0.15) is 37.3 Å². The Morgan fingerprint density at radius 2 is 1.89 bits per heavy atom. The molecule has 0 saturated heterocycles. The fraction of sp³-hybridized carbons (Fsp3) is 0.533. The summed E-state index contributed by atoms with van der Waals surface area (Å²) in [5, 5.41) is 5.91. The van der Waals surface area contributed by atoms with Gasteiger partial charge in [-0.3, -0.25) is 4.79 Å². The molecule has 0 aliphatic rings. The van der Waals surface area contributed by atoms with Crippen LogP contribution >= 0.6 is 0 Å². The third-order valence-corrected chi connectivity index (χ3v) is 3.15. The summed E-state index contributed by atoms with van der Waals surface area (Å²) < 4.78 is 0. The van der Waals surface area contributed by atoms with E-state index in [9.17, 15) is 4.79 Å². The van der Waals surface area contributed by atoms with Crippen molar-refractivity contribution in [3.05, 3.63) is 35.4 Å². The van der Waals surface area contributed by atoms with Crippen LogP contribution < -0.4 is 10.6 Å². The largest absolute Gasteiger partial charge is 0.355 e. The normalized spacial score (nSPS) is 12.2. The zero-order chi connectivity index (χ0) is 13.4. The van der Waals surface area contributed by atoms with Crippen LogP contribution in [0.25, 0.3) is 0 Å². The highest BCUT2D eigenvalue weighted by molar-refractivity contribution is 5.76. The third-order valence-electron chi connectivity index (χ3n) is 3.15. The summed E-state index contributed by atoms with van der Waals surface area (Å²) in [4.78, 5) is 11.7. The van der Waals surface area contributed by atoms with Gasteiger partial charge in [0.25, 0.3) is 0 Å². The molecular weight excluding hydrogens is 224 g/mol. The van der Waals surface area contributed by atoms with Gasteiger partial charge in [0.15, 0.2) is 0 Å². The molecule has 0 spiro atoms. The molecule has 0 saturated carbocycles. The molecule has 0 heterocycles. The van der Waals surface area contributed by atoms with E-state index in [1.165, 1.54) is 11.1 Å². The minimum atomic E-state index is 0.123. The minimum absolute atomic E-state index is 0.123. The molecule has 2 N–H and O–H groups in total. The van der Waals surface area contributed by atoms with Crippen molar-refractivity contribution < 1.29 is 4.79 Å². The summed E-state index contributed by atoms with van der Waals surface area (Å²) in [6.45, 7) is 5.74. The zero-order valence-corrected chi connectivity index (χ0v) is 11.6. The number of benzene rings is 1. The van der Waals surface area contributed by atoms with E-state index in [1.807, 2.05) is 7.05 Å². The van der Waals surface area contributed by atoms with Gasteiger partial charge >= 0.3 is 0 Å². The van der Waals surface area contributed by atoms with Crippen molar-refractivity contribution in [3.63, 3.8) is 0 Å². The molecule has 0 fully saturated rings. The molecule has 0 aliphatic carbocycles. The van der Waals surface area contributed by atoms with Crippen molar-refractivity contribution in [2.24, 2.45) is 0 Å². The second-order valence-electron chi connectivity index (χ2n) is 4.65. The molecule has 3 heteroatoms. The number of likely N-dealkylation sites (N-methyl/N-ethyl adjacent to an activating group) is 1. The Morgan fingerprint density at radius 1 is 1.22 bits per heavy atom. The van der Waals surface area contributed by atoms with Crippen LogP contribution in [-0.2, 0) is 11.2 Å². The number of nitrogens with one attached hydrogen (secondary N) is 2. The summed E-state index contributed by atoms with van der Waals surface area (Å²) in [5.41, 5.74) is 2.57. The molecular formula is C15H24N2O. The Bertz CT molecular complexity index is 359. The number of amides is 1. The smallest absolute Gasteiger partial charge is 0.220 e. The van der Waals surface area contributed by atoms with Gasteiger partial charge in [0.2, 0.25) is 5.91 Å². The van der Waals surface area contributed by atoms with E-state index in [-0.39, 0.29) is 11.8 Å². The van der Waals surface area contributed by atoms with Crippen LogP contribution in [0.5, 0.6) is 0 Å². The molecule has 1 aromatic rings. The maximum Gasteiger partial charge on any atom is 0.220 e. The van der Waals surface area contributed by atoms with Crippen molar-refractivity contribution in [2.75, 3.05) is 20.1 Å². The molecule has 18 heavy (non-hydrogen) atoms. The Hall–Kier alpha value is -1.35. The lowest BCUT2D eigenvalue weighted by molar-refractivity contribution is -0.121. The Balaban J connectivity index is 2.43. The first-order valence-electron chi connectivity index (χ1n) is 6.67. The quantitative estimate of drug-likeness (QED) is 0.725. The van der Waals surface area contributed by atoms with Gasteiger partial charge < -0.3 is 10.6 Å². The average molecular weight is 248 g/mol. The van der Waals surface area contributed by atoms with Crippen molar-refractivity contribution in [2.45, 2.75) is 32.6 Å². The number of hydrogen-bond acceptors (Lipinski definition) is 2. The monoisotopic (exact) mass is 248 g/mol. The molecule has 1 atom stereocenters. The van der Waals surface area contributed by atoms with Crippen molar-refractivity contribution in [1.29, 1.82) is 0 Å². The fourth-order valence-corrected chi connectivity index (χ4v) is 1.88. The first kappa shape index (κ1) is 14.7. The molecule has 0 radical (unpaired) electrons. The molecule has 100 valence electrons. The highest BCUT2D eigenvalue weighted by Crippen LogP contribution is 2.19. The summed E-state index contributed by atoms with van der Waals surface area (Å²) in [6.07, 6.45) is 1.61. The Labute approximate surface area is 110 Å². The van der Waals surface area contributed by atoms with Crippen LogP contribution in [0.2, 0.25) is 0 Å². The topological polar surface area (TPSA) is 41.1 Å². The van der Waals surface area contributed by atoms with E-state index in [0.29, 0.717) is 13.0 Å². The maximum absolute atomic E-state index is 11.7. The number of carbonyl (C=O) groups is 1. The first-order valence-corrected chi connectivity index (χ1v) is 6.67. The highest BCUT2D eigenvalue weighted by atomic mass is 16.1. The molecule has 0 bridgehead atoms. The SMILES string of the molecule is CCc1ccc(C(C)CC(=O)NCCNC)cc1. The van der Waals surface area contributed by atoms with Crippen molar-refractivity contribution in [1.82, 2.24) is 10.6 Å². The van der Waals surface area contributed by atoms with E-state index in [4.69, 9.17) is 0 Å². The first-order chi connectivity index (χ1) is 8.67. The zero-order valence-electron chi connectivity index (χ0n) is 11.6. The minimum Gasteiger partial charge on any atom is -0.355 e. The molecule has 3 nitrogen and oxygen atoms in total. The van der Waals surface area contributed by atoms with Crippen molar-refractivity contribution >= 4 is 5.91 Å². The van der Waals surface area contributed by atoms with Crippen LogP contribution in [0.15, 0.2) is 24.3 Å². The van der Waals surface area contributed by atoms with E-state index in [2.05, 4.69) is 48.7 Å². The summed E-state index contributed by atoms with van der Waals surface area (Å²) in [7, 11) is 1.88. The summed E-state index contributed by atoms with van der Waals surface area (Å²) in [6, 6.07) is 8.55. The highest BCUT2D eigenvalue weighted by Gasteiger charge is 2.10. The van der Waals surface area contributed by atoms with Crippen LogP contribution in [0.3, 0.4) is 0 Å². The molecule has 1 rings (SSSR count). The lowest BCUT2D eigenvalue weighted by Gasteiger charge is -2.12. The predicted molar refractivity (Wildman–Crippen MR) is 75.8 cm³/mol. The van der Waals surface area contributed by atoms with Gasteiger partial charge in [-0.05, 0) is 30.5 Å². The molecule has 0 aliphatic heterocycles. The van der Waals surface area contributed by atoms with Gasteiger partial charge in [-0.1, -0.05) is 38.1 Å². The van der Waals surface area contributed by atoms with Crippen LogP contribution in [0, 0.1) is 0 Å². The predicted octanol–water partition coefficient (Wildman–Crippen LogP) is 2.08. The lowest BCUT2D eigenvalue weighted by atomic mass is 9.96. The summed E-state index contributed by atoms with van der Waals surface area (Å²) in [5.74, 6) is 0.391. The second kappa shape index (κ2) is 7.88. The second-order valence-corrected chi connectivity index (χ2v) is 4.65. The van der Waals surface area contributed by atoms with Gasteiger partial charge in [0, 0.05) is 19.5 Å². The van der Waals surface area contributed by atoms with Gasteiger partial charge in [0.1, 0.15) is 0 Å². The number of carbonyl (C=O) groups excluding carboxylic acids is 1. The molecule has 1 aromatic carbocycles. The Morgan fingerprint density at radius 3 is 2.44 bits per heavy atom. The van der Waals surface area contributed by atoms with Gasteiger partial charge in [-0.25, -0.2) is 0 Å². The lowest BCUT2D eigenvalue weighted by Crippen LogP contribution is -2.31. The van der Waals surface area contributed by atoms with E-state index >= 15 is 0 Å². The van der Waals surface area contributed by atoms with Gasteiger partial charge in [-0.2, -0.15) is 0 Å². The van der Waals surface area contributed by atoms with Crippen LogP contribution in [0.4, 0.5) is 0 Å². The van der Waals surface area contributed by atoms with Crippen molar-refractivity contribution in [3.8, 4) is 0 Å².